The standard InChI is InChI=1S/C19H21FN2O2/c20-17-4-2-10-21-18(17)15-5-7-16(8-6-15)19(23)22-11-1-3-14-9-12-24-13-14/h2,4-8,10,14H,1,3,9,11-13H2,(H,22,23). The minimum atomic E-state index is -0.370. The molecule has 1 N–H and O–H groups in total. The lowest BCUT2D eigenvalue weighted by Gasteiger charge is -2.09. The molecule has 2 heterocycles. The highest BCUT2D eigenvalue weighted by Crippen LogP contribution is 2.20. The summed E-state index contributed by atoms with van der Waals surface area (Å²) >= 11 is 0. The van der Waals surface area contributed by atoms with Gasteiger partial charge in [0.1, 0.15) is 11.5 Å². The van der Waals surface area contributed by atoms with Crippen LogP contribution in [-0.4, -0.2) is 30.6 Å². The molecule has 1 amide bonds. The largest absolute Gasteiger partial charge is 0.381 e. The summed E-state index contributed by atoms with van der Waals surface area (Å²) in [7, 11) is 0. The van der Waals surface area contributed by atoms with E-state index >= 15 is 0 Å². The van der Waals surface area contributed by atoms with Crippen LogP contribution in [0.4, 0.5) is 4.39 Å². The van der Waals surface area contributed by atoms with Gasteiger partial charge in [-0.05, 0) is 49.4 Å². The maximum atomic E-state index is 13.7. The normalized spacial score (nSPS) is 17.0. The van der Waals surface area contributed by atoms with Gasteiger partial charge in [-0.25, -0.2) is 4.39 Å². The SMILES string of the molecule is O=C(NCCCC1CCOC1)c1ccc(-c2ncccc2F)cc1. The van der Waals surface area contributed by atoms with Gasteiger partial charge in [0.15, 0.2) is 0 Å². The van der Waals surface area contributed by atoms with Crippen LogP contribution < -0.4 is 5.32 Å². The number of amides is 1. The maximum absolute atomic E-state index is 13.7. The molecule has 0 bridgehead atoms. The molecule has 1 aliphatic rings. The van der Waals surface area contributed by atoms with Crippen LogP contribution in [0.25, 0.3) is 11.3 Å². The third kappa shape index (κ3) is 4.17. The lowest BCUT2D eigenvalue weighted by atomic mass is 10.0. The molecule has 4 nitrogen and oxygen atoms in total. The third-order valence-electron chi connectivity index (χ3n) is 4.28. The van der Waals surface area contributed by atoms with E-state index in [1.165, 1.54) is 6.07 Å². The average Bonchev–Trinajstić information content (AvgIpc) is 3.13. The highest BCUT2D eigenvalue weighted by molar-refractivity contribution is 5.94. The molecule has 0 spiro atoms. The monoisotopic (exact) mass is 328 g/mol. The molecule has 1 aromatic carbocycles. The van der Waals surface area contributed by atoms with E-state index in [0.29, 0.717) is 29.3 Å². The van der Waals surface area contributed by atoms with E-state index in [1.54, 1.807) is 36.5 Å². The number of carbonyl (C=O) groups is 1. The number of rotatable bonds is 6. The highest BCUT2D eigenvalue weighted by atomic mass is 19.1. The van der Waals surface area contributed by atoms with Crippen molar-refractivity contribution in [3.8, 4) is 11.3 Å². The second kappa shape index (κ2) is 8.02. The van der Waals surface area contributed by atoms with Gasteiger partial charge >= 0.3 is 0 Å². The molecule has 1 fully saturated rings. The molecule has 1 saturated heterocycles. The Morgan fingerprint density at radius 3 is 2.83 bits per heavy atom. The number of nitrogens with zero attached hydrogens (tertiary/aromatic N) is 1. The summed E-state index contributed by atoms with van der Waals surface area (Å²) in [5.74, 6) is 0.158. The zero-order valence-electron chi connectivity index (χ0n) is 13.5. The Labute approximate surface area is 141 Å². The van der Waals surface area contributed by atoms with E-state index < -0.39 is 0 Å². The van der Waals surface area contributed by atoms with E-state index in [-0.39, 0.29) is 11.7 Å². The smallest absolute Gasteiger partial charge is 0.251 e. The van der Waals surface area contributed by atoms with Crippen molar-refractivity contribution < 1.29 is 13.9 Å². The molecule has 1 aromatic heterocycles. The van der Waals surface area contributed by atoms with Crippen molar-refractivity contribution in [3.05, 3.63) is 54.0 Å². The van der Waals surface area contributed by atoms with Crippen molar-refractivity contribution in [2.45, 2.75) is 19.3 Å². The molecule has 1 aliphatic heterocycles. The minimum Gasteiger partial charge on any atom is -0.381 e. The number of hydrogen-bond acceptors (Lipinski definition) is 3. The molecule has 1 atom stereocenters. The summed E-state index contributed by atoms with van der Waals surface area (Å²) in [6.45, 7) is 2.37. The molecule has 126 valence electrons. The first-order valence-corrected chi connectivity index (χ1v) is 8.31. The molecule has 1 unspecified atom stereocenters. The summed E-state index contributed by atoms with van der Waals surface area (Å²) < 4.78 is 19.1. The number of pyridine rings is 1. The Bertz CT molecular complexity index is 682. The highest BCUT2D eigenvalue weighted by Gasteiger charge is 2.15. The predicted octanol–water partition coefficient (Wildman–Crippen LogP) is 3.43. The van der Waals surface area contributed by atoms with Crippen molar-refractivity contribution in [1.82, 2.24) is 10.3 Å². The van der Waals surface area contributed by atoms with E-state index in [1.807, 2.05) is 0 Å². The Hall–Kier alpha value is -2.27. The Morgan fingerprint density at radius 1 is 1.29 bits per heavy atom. The van der Waals surface area contributed by atoms with Crippen LogP contribution in [0.15, 0.2) is 42.6 Å². The van der Waals surface area contributed by atoms with Crippen molar-refractivity contribution in [3.63, 3.8) is 0 Å². The van der Waals surface area contributed by atoms with Gasteiger partial charge in [-0.1, -0.05) is 12.1 Å². The molecule has 3 rings (SSSR count). The fraction of sp³-hybridized carbons (Fsp3) is 0.368. The molecule has 24 heavy (non-hydrogen) atoms. The number of nitrogens with one attached hydrogen (secondary N) is 1. The van der Waals surface area contributed by atoms with Gasteiger partial charge in [0, 0.05) is 37.1 Å². The quantitative estimate of drug-likeness (QED) is 0.827. The predicted molar refractivity (Wildman–Crippen MR) is 90.1 cm³/mol. The Morgan fingerprint density at radius 2 is 2.12 bits per heavy atom. The van der Waals surface area contributed by atoms with Crippen LogP contribution in [0.5, 0.6) is 0 Å². The second-order valence-corrected chi connectivity index (χ2v) is 6.04. The summed E-state index contributed by atoms with van der Waals surface area (Å²) in [5.41, 5.74) is 1.52. The second-order valence-electron chi connectivity index (χ2n) is 6.04. The Balaban J connectivity index is 1.51. The number of hydrogen-bond donors (Lipinski definition) is 1. The molecule has 0 aliphatic carbocycles. The van der Waals surface area contributed by atoms with Crippen LogP contribution in [0, 0.1) is 11.7 Å². The Kier molecular flexibility index (Phi) is 5.54. The van der Waals surface area contributed by atoms with Crippen LogP contribution in [0.1, 0.15) is 29.6 Å². The minimum absolute atomic E-state index is 0.106. The van der Waals surface area contributed by atoms with Crippen molar-refractivity contribution in [2.24, 2.45) is 5.92 Å². The van der Waals surface area contributed by atoms with Gasteiger partial charge in [0.05, 0.1) is 0 Å². The van der Waals surface area contributed by atoms with Crippen LogP contribution in [0.3, 0.4) is 0 Å². The zero-order valence-corrected chi connectivity index (χ0v) is 13.5. The summed E-state index contributed by atoms with van der Waals surface area (Å²) in [4.78, 5) is 16.2. The topological polar surface area (TPSA) is 51.2 Å². The number of aromatic nitrogens is 1. The van der Waals surface area contributed by atoms with Gasteiger partial charge < -0.3 is 10.1 Å². The molecule has 2 aromatic rings. The van der Waals surface area contributed by atoms with E-state index in [4.69, 9.17) is 4.74 Å². The number of ether oxygens (including phenoxy) is 1. The first-order valence-electron chi connectivity index (χ1n) is 8.31. The van der Waals surface area contributed by atoms with Crippen LogP contribution in [-0.2, 0) is 4.74 Å². The van der Waals surface area contributed by atoms with Gasteiger partial charge in [-0.15, -0.1) is 0 Å². The number of carbonyl (C=O) groups excluding carboxylic acids is 1. The average molecular weight is 328 g/mol. The number of halogens is 1. The van der Waals surface area contributed by atoms with E-state index in [9.17, 15) is 9.18 Å². The summed E-state index contributed by atoms with van der Waals surface area (Å²) in [6.07, 6.45) is 4.71. The molecule has 0 saturated carbocycles. The van der Waals surface area contributed by atoms with Gasteiger partial charge in [0.2, 0.25) is 0 Å². The summed E-state index contributed by atoms with van der Waals surface area (Å²) in [6, 6.07) is 9.76. The van der Waals surface area contributed by atoms with Gasteiger partial charge in [-0.3, -0.25) is 9.78 Å². The van der Waals surface area contributed by atoms with Crippen molar-refractivity contribution >= 4 is 5.91 Å². The van der Waals surface area contributed by atoms with Crippen LogP contribution >= 0.6 is 0 Å². The van der Waals surface area contributed by atoms with Crippen LogP contribution in [0.2, 0.25) is 0 Å². The fourth-order valence-corrected chi connectivity index (χ4v) is 2.88. The lowest BCUT2D eigenvalue weighted by molar-refractivity contribution is 0.0952. The number of benzene rings is 1. The van der Waals surface area contributed by atoms with Crippen molar-refractivity contribution in [2.75, 3.05) is 19.8 Å². The molecule has 0 radical (unpaired) electrons. The first-order chi connectivity index (χ1) is 11.7. The van der Waals surface area contributed by atoms with E-state index in [0.717, 1.165) is 32.5 Å². The van der Waals surface area contributed by atoms with Gasteiger partial charge in [-0.2, -0.15) is 0 Å². The molecular formula is C19H21FN2O2. The molecular weight excluding hydrogens is 307 g/mol. The lowest BCUT2D eigenvalue weighted by Crippen LogP contribution is -2.24. The van der Waals surface area contributed by atoms with Crippen molar-refractivity contribution in [1.29, 1.82) is 0 Å². The summed E-state index contributed by atoms with van der Waals surface area (Å²) in [5, 5.41) is 2.92. The van der Waals surface area contributed by atoms with E-state index in [2.05, 4.69) is 10.3 Å². The van der Waals surface area contributed by atoms with Gasteiger partial charge in [0.25, 0.3) is 5.91 Å². The zero-order chi connectivity index (χ0) is 16.8. The third-order valence-corrected chi connectivity index (χ3v) is 4.28. The maximum Gasteiger partial charge on any atom is 0.251 e. The molecule has 5 heteroatoms. The first kappa shape index (κ1) is 16.6. The fourth-order valence-electron chi connectivity index (χ4n) is 2.88.